The van der Waals surface area contributed by atoms with Crippen molar-refractivity contribution in [3.8, 4) is 5.75 Å². The van der Waals surface area contributed by atoms with Crippen molar-refractivity contribution in [3.05, 3.63) is 39.4 Å². The Hall–Kier alpha value is -1.43. The zero-order valence-electron chi connectivity index (χ0n) is 8.77. The van der Waals surface area contributed by atoms with Crippen LogP contribution in [0.3, 0.4) is 0 Å². The van der Waals surface area contributed by atoms with Gasteiger partial charge < -0.3 is 4.74 Å². The molecule has 0 fully saturated rings. The van der Waals surface area contributed by atoms with Crippen LogP contribution < -0.4 is 4.74 Å². The second-order valence-corrected chi connectivity index (χ2v) is 4.06. The molecule has 86 valence electrons. The molecule has 0 aliphatic carbocycles. The lowest BCUT2D eigenvalue weighted by molar-refractivity contribution is -0.477. The number of nitro groups is 1. The van der Waals surface area contributed by atoms with Crippen LogP contribution in [0.1, 0.15) is 15.9 Å². The number of hydrogen-bond acceptors (Lipinski definition) is 4. The number of ketones is 1. The average Bonchev–Trinajstić information content (AvgIpc) is 2.26. The summed E-state index contributed by atoms with van der Waals surface area (Å²) >= 11 is 2.72. The molecule has 0 radical (unpaired) electrons. The molecular formula is C10H10BrNO4. The van der Waals surface area contributed by atoms with Gasteiger partial charge in [0.1, 0.15) is 5.75 Å². The fourth-order valence-electron chi connectivity index (χ4n) is 1.23. The molecule has 0 aromatic heterocycles. The predicted molar refractivity (Wildman–Crippen MR) is 61.8 cm³/mol. The number of ether oxygens (including phenoxy) is 1. The maximum absolute atomic E-state index is 11.7. The van der Waals surface area contributed by atoms with E-state index in [1.807, 2.05) is 6.92 Å². The number of nitrogens with zero attached hydrogens (tertiary/aromatic N) is 1. The van der Waals surface area contributed by atoms with Crippen molar-refractivity contribution in [2.45, 2.75) is 11.9 Å². The van der Waals surface area contributed by atoms with Crippen molar-refractivity contribution in [3.63, 3.8) is 0 Å². The van der Waals surface area contributed by atoms with E-state index in [4.69, 9.17) is 4.74 Å². The van der Waals surface area contributed by atoms with Gasteiger partial charge in [0, 0.05) is 20.9 Å². The molecule has 1 rings (SSSR count). The van der Waals surface area contributed by atoms with Gasteiger partial charge in [-0.15, -0.1) is 0 Å². The van der Waals surface area contributed by atoms with Crippen LogP contribution in [0, 0.1) is 17.0 Å². The second kappa shape index (κ2) is 5.07. The van der Waals surface area contributed by atoms with Crippen LogP contribution in [0.2, 0.25) is 0 Å². The molecule has 0 saturated heterocycles. The Morgan fingerprint density at radius 1 is 1.56 bits per heavy atom. The smallest absolute Gasteiger partial charge is 0.327 e. The zero-order chi connectivity index (χ0) is 12.3. The van der Waals surface area contributed by atoms with Crippen LogP contribution >= 0.6 is 15.9 Å². The number of Topliss-reactive ketones (excluding diaryl/α,β-unsaturated/α-hetero) is 1. The summed E-state index contributed by atoms with van der Waals surface area (Å²) in [5.74, 6) is -0.279. The molecule has 1 aromatic carbocycles. The van der Waals surface area contributed by atoms with E-state index in [0.717, 1.165) is 5.56 Å². The standard InChI is InChI=1S/C10H10BrNO4/c1-6-3-4-7(8(5-6)16-2)9(13)10(11)12(14)15/h3-5,10H,1-2H3. The molecular weight excluding hydrogens is 278 g/mol. The Morgan fingerprint density at radius 3 is 2.69 bits per heavy atom. The van der Waals surface area contributed by atoms with Gasteiger partial charge >= 0.3 is 4.95 Å². The van der Waals surface area contributed by atoms with Crippen LogP contribution in [0.5, 0.6) is 5.75 Å². The van der Waals surface area contributed by atoms with Crippen molar-refractivity contribution >= 4 is 21.7 Å². The summed E-state index contributed by atoms with van der Waals surface area (Å²) < 4.78 is 5.01. The van der Waals surface area contributed by atoms with E-state index in [2.05, 4.69) is 15.9 Å². The summed E-state index contributed by atoms with van der Waals surface area (Å²) in [7, 11) is 1.42. The maximum atomic E-state index is 11.7. The minimum atomic E-state index is -1.44. The molecule has 6 heteroatoms. The molecule has 0 N–H and O–H groups in total. The fraction of sp³-hybridized carbons (Fsp3) is 0.300. The number of halogens is 1. The number of hydrogen-bond donors (Lipinski definition) is 0. The van der Waals surface area contributed by atoms with E-state index in [9.17, 15) is 14.9 Å². The maximum Gasteiger partial charge on any atom is 0.327 e. The molecule has 1 unspecified atom stereocenters. The number of benzene rings is 1. The Bertz CT molecular complexity index is 433. The Morgan fingerprint density at radius 2 is 2.19 bits per heavy atom. The molecule has 0 aliphatic rings. The van der Waals surface area contributed by atoms with Crippen molar-refractivity contribution in [2.24, 2.45) is 0 Å². The fourth-order valence-corrected chi connectivity index (χ4v) is 1.47. The van der Waals surface area contributed by atoms with E-state index < -0.39 is 15.7 Å². The Kier molecular flexibility index (Phi) is 4.00. The minimum absolute atomic E-state index is 0.201. The number of carbonyl (C=O) groups excluding carboxylic acids is 1. The summed E-state index contributed by atoms with van der Waals surface area (Å²) in [5.41, 5.74) is 1.12. The van der Waals surface area contributed by atoms with Gasteiger partial charge in [0.05, 0.1) is 12.7 Å². The van der Waals surface area contributed by atoms with Gasteiger partial charge in [0.15, 0.2) is 0 Å². The molecule has 0 bridgehead atoms. The van der Waals surface area contributed by atoms with Crippen LogP contribution in [0.4, 0.5) is 0 Å². The van der Waals surface area contributed by atoms with Gasteiger partial charge in [-0.05, 0) is 24.6 Å². The van der Waals surface area contributed by atoms with Crippen molar-refractivity contribution in [1.82, 2.24) is 0 Å². The molecule has 0 spiro atoms. The normalized spacial score (nSPS) is 11.9. The molecule has 1 atom stereocenters. The van der Waals surface area contributed by atoms with Crippen molar-refractivity contribution < 1.29 is 14.5 Å². The molecule has 0 heterocycles. The van der Waals surface area contributed by atoms with Gasteiger partial charge in [-0.25, -0.2) is 0 Å². The third-order valence-electron chi connectivity index (χ3n) is 2.02. The monoisotopic (exact) mass is 287 g/mol. The first-order valence-corrected chi connectivity index (χ1v) is 5.35. The zero-order valence-corrected chi connectivity index (χ0v) is 10.4. The van der Waals surface area contributed by atoms with Crippen LogP contribution in [0.25, 0.3) is 0 Å². The highest BCUT2D eigenvalue weighted by atomic mass is 79.9. The number of methoxy groups -OCH3 is 1. The van der Waals surface area contributed by atoms with Gasteiger partial charge in [-0.3, -0.25) is 14.9 Å². The van der Waals surface area contributed by atoms with Crippen LogP contribution in [-0.2, 0) is 0 Å². The number of alkyl halides is 1. The third-order valence-corrected chi connectivity index (χ3v) is 2.77. The predicted octanol–water partition coefficient (Wildman–Crippen LogP) is 2.18. The largest absolute Gasteiger partial charge is 0.496 e. The summed E-state index contributed by atoms with van der Waals surface area (Å²) in [5, 5.41) is 10.5. The topological polar surface area (TPSA) is 69.4 Å². The van der Waals surface area contributed by atoms with E-state index in [1.54, 1.807) is 12.1 Å². The summed E-state index contributed by atoms with van der Waals surface area (Å²) in [4.78, 5) is 20.1. The first-order valence-electron chi connectivity index (χ1n) is 4.43. The summed E-state index contributed by atoms with van der Waals surface area (Å²) in [6, 6.07) is 4.89. The lowest BCUT2D eigenvalue weighted by Gasteiger charge is -2.08. The highest BCUT2D eigenvalue weighted by Gasteiger charge is 2.29. The Labute approximate surface area is 101 Å². The number of rotatable bonds is 4. The quantitative estimate of drug-likeness (QED) is 0.280. The summed E-state index contributed by atoms with van der Waals surface area (Å²) in [6.07, 6.45) is 0. The Balaban J connectivity index is 3.13. The molecule has 0 aliphatic heterocycles. The molecule has 1 aromatic rings. The third kappa shape index (κ3) is 2.57. The minimum Gasteiger partial charge on any atom is -0.496 e. The van der Waals surface area contributed by atoms with Gasteiger partial charge in [-0.1, -0.05) is 6.07 Å². The number of aryl methyl sites for hydroxylation is 1. The highest BCUT2D eigenvalue weighted by Crippen LogP contribution is 2.23. The molecule has 5 nitrogen and oxygen atoms in total. The number of carbonyl (C=O) groups is 1. The van der Waals surface area contributed by atoms with Crippen molar-refractivity contribution in [1.29, 1.82) is 0 Å². The lowest BCUT2D eigenvalue weighted by Crippen LogP contribution is -2.23. The SMILES string of the molecule is COc1cc(C)ccc1C(=O)C(Br)[N+](=O)[O-]. The van der Waals surface area contributed by atoms with Crippen molar-refractivity contribution in [2.75, 3.05) is 7.11 Å². The van der Waals surface area contributed by atoms with Crippen LogP contribution in [0.15, 0.2) is 18.2 Å². The average molecular weight is 288 g/mol. The highest BCUT2D eigenvalue weighted by molar-refractivity contribution is 9.09. The second-order valence-electron chi connectivity index (χ2n) is 3.19. The first kappa shape index (κ1) is 12.6. The van der Waals surface area contributed by atoms with E-state index in [0.29, 0.717) is 5.75 Å². The van der Waals surface area contributed by atoms with E-state index >= 15 is 0 Å². The first-order chi connectivity index (χ1) is 7.47. The molecule has 0 amide bonds. The molecule has 16 heavy (non-hydrogen) atoms. The van der Waals surface area contributed by atoms with Gasteiger partial charge in [0.2, 0.25) is 0 Å². The van der Waals surface area contributed by atoms with E-state index in [1.165, 1.54) is 13.2 Å². The van der Waals surface area contributed by atoms with E-state index in [-0.39, 0.29) is 5.56 Å². The van der Waals surface area contributed by atoms with Crippen LogP contribution in [-0.4, -0.2) is 22.8 Å². The summed E-state index contributed by atoms with van der Waals surface area (Å²) in [6.45, 7) is 1.84. The lowest BCUT2D eigenvalue weighted by atomic mass is 10.1. The van der Waals surface area contributed by atoms with Gasteiger partial charge in [-0.2, -0.15) is 0 Å². The van der Waals surface area contributed by atoms with Gasteiger partial charge in [0.25, 0.3) is 5.78 Å². The molecule has 0 saturated carbocycles.